The topological polar surface area (TPSA) is 66.5 Å². The van der Waals surface area contributed by atoms with Gasteiger partial charge in [-0.25, -0.2) is 0 Å². The Labute approximate surface area is 187 Å². The van der Waals surface area contributed by atoms with Crippen molar-refractivity contribution in [2.45, 2.75) is 25.8 Å². The molecule has 5 heteroatoms. The molecule has 2 aromatic rings. The van der Waals surface area contributed by atoms with Gasteiger partial charge in [0.15, 0.2) is 0 Å². The van der Waals surface area contributed by atoms with E-state index in [0.29, 0.717) is 23.9 Å². The van der Waals surface area contributed by atoms with E-state index in [4.69, 9.17) is 0 Å². The van der Waals surface area contributed by atoms with Crippen molar-refractivity contribution in [3.8, 4) is 0 Å². The Bertz CT molecular complexity index is 1100. The monoisotopic (exact) mass is 426 g/mol. The van der Waals surface area contributed by atoms with E-state index in [2.05, 4.69) is 17.5 Å². The van der Waals surface area contributed by atoms with Crippen molar-refractivity contribution in [2.24, 2.45) is 35.5 Å². The van der Waals surface area contributed by atoms with Crippen molar-refractivity contribution in [1.29, 1.82) is 0 Å². The zero-order valence-corrected chi connectivity index (χ0v) is 18.0. The van der Waals surface area contributed by atoms with Gasteiger partial charge in [-0.05, 0) is 60.3 Å². The Balaban J connectivity index is 1.33. The van der Waals surface area contributed by atoms with E-state index in [1.54, 1.807) is 0 Å². The minimum Gasteiger partial charge on any atom is -0.324 e. The second-order valence-electron chi connectivity index (χ2n) is 9.77. The minimum absolute atomic E-state index is 0.147. The fraction of sp³-hybridized carbons (Fsp3) is 0.370. The first-order valence-electron chi connectivity index (χ1n) is 11.5. The molecule has 1 saturated heterocycles. The second-order valence-corrected chi connectivity index (χ2v) is 9.77. The Hall–Kier alpha value is -3.21. The van der Waals surface area contributed by atoms with Crippen LogP contribution in [0, 0.1) is 42.4 Å². The summed E-state index contributed by atoms with van der Waals surface area (Å²) < 4.78 is 0. The molecule has 0 radical (unpaired) electrons. The highest BCUT2D eigenvalue weighted by Gasteiger charge is 2.67. The number of allylic oxidation sites excluding steroid dienone is 2. The maximum atomic E-state index is 13.6. The van der Waals surface area contributed by atoms with E-state index < -0.39 is 6.04 Å². The lowest BCUT2D eigenvalue weighted by Crippen LogP contribution is -2.49. The number of carbonyl (C=O) groups excluding carboxylic acids is 3. The van der Waals surface area contributed by atoms with E-state index in [1.807, 2.05) is 61.5 Å². The largest absolute Gasteiger partial charge is 0.324 e. The number of rotatable bonds is 5. The molecule has 1 heterocycles. The van der Waals surface area contributed by atoms with Gasteiger partial charge in [-0.1, -0.05) is 54.6 Å². The number of nitrogens with one attached hydrogen (secondary N) is 1. The average Bonchev–Trinajstić information content (AvgIpc) is 3.57. The number of imide groups is 1. The van der Waals surface area contributed by atoms with Gasteiger partial charge in [-0.3, -0.25) is 19.3 Å². The zero-order chi connectivity index (χ0) is 22.0. The number of nitrogens with zero attached hydrogens (tertiary/aromatic N) is 1. The fourth-order valence-corrected chi connectivity index (χ4v) is 6.37. The standard InChI is InChI=1S/C27H26N2O3/c1-15-6-5-9-17(12-15)28-25(30)22(13-16-7-3-2-4-8-16)29-26(31)23-18-10-11-19(21-14-20(18)21)24(23)27(29)32/h2-12,18-24H,13-14H2,1H3,(H,28,30)/t18-,19-,20-,21-,22-,23+,24+/m1/s1. The SMILES string of the molecule is Cc1cccc(NC(=O)[C@@H](Cc2ccccc2)N2C(=O)[C@H]3[C@@H]4C=C[C@H]([C@H]5C[C@H]45)[C@@H]3C2=O)c1. The third-order valence-corrected chi connectivity index (χ3v) is 7.87. The Morgan fingerprint density at radius 2 is 1.62 bits per heavy atom. The van der Waals surface area contributed by atoms with Crippen molar-refractivity contribution >= 4 is 23.4 Å². The van der Waals surface area contributed by atoms with Crippen LogP contribution in [-0.4, -0.2) is 28.7 Å². The summed E-state index contributed by atoms with van der Waals surface area (Å²) in [6.45, 7) is 1.96. The number of carbonyl (C=O) groups is 3. The summed E-state index contributed by atoms with van der Waals surface area (Å²) in [5.41, 5.74) is 2.63. The van der Waals surface area contributed by atoms with Gasteiger partial charge in [0.2, 0.25) is 17.7 Å². The van der Waals surface area contributed by atoms with Gasteiger partial charge in [-0.15, -0.1) is 0 Å². The highest BCUT2D eigenvalue weighted by atomic mass is 16.2. The number of hydrogen-bond acceptors (Lipinski definition) is 3. The van der Waals surface area contributed by atoms with Crippen LogP contribution in [0.5, 0.6) is 0 Å². The van der Waals surface area contributed by atoms with Gasteiger partial charge in [-0.2, -0.15) is 0 Å². The summed E-state index contributed by atoms with van der Waals surface area (Å²) >= 11 is 0. The van der Waals surface area contributed by atoms with Crippen LogP contribution in [0.2, 0.25) is 0 Å². The molecule has 7 rings (SSSR count). The van der Waals surface area contributed by atoms with Gasteiger partial charge in [0, 0.05) is 12.1 Å². The van der Waals surface area contributed by atoms with Crippen molar-refractivity contribution in [3.63, 3.8) is 0 Å². The Kier molecular flexibility index (Phi) is 4.36. The molecule has 2 aromatic carbocycles. The average molecular weight is 427 g/mol. The summed E-state index contributed by atoms with van der Waals surface area (Å²) in [6, 6.07) is 16.3. The normalized spacial score (nSPS) is 32.5. The number of aryl methyl sites for hydroxylation is 1. The Morgan fingerprint density at radius 1 is 0.969 bits per heavy atom. The van der Waals surface area contributed by atoms with E-state index in [1.165, 1.54) is 4.90 Å². The van der Waals surface area contributed by atoms with E-state index in [9.17, 15) is 14.4 Å². The molecular formula is C27H26N2O3. The van der Waals surface area contributed by atoms with Gasteiger partial charge >= 0.3 is 0 Å². The van der Waals surface area contributed by atoms with Crippen LogP contribution in [0.25, 0.3) is 0 Å². The molecule has 4 aliphatic carbocycles. The fourth-order valence-electron chi connectivity index (χ4n) is 6.37. The van der Waals surface area contributed by atoms with Crippen molar-refractivity contribution in [3.05, 3.63) is 77.9 Å². The number of likely N-dealkylation sites (tertiary alicyclic amines) is 1. The minimum atomic E-state index is -0.862. The summed E-state index contributed by atoms with van der Waals surface area (Å²) in [5.74, 6) is 0.133. The molecule has 0 aromatic heterocycles. The summed E-state index contributed by atoms with van der Waals surface area (Å²) in [6.07, 6.45) is 5.75. The number of anilines is 1. The van der Waals surface area contributed by atoms with Gasteiger partial charge in [0.1, 0.15) is 6.04 Å². The highest BCUT2D eigenvalue weighted by molar-refractivity contribution is 6.10. The molecule has 2 saturated carbocycles. The van der Waals surface area contributed by atoms with Gasteiger partial charge in [0.05, 0.1) is 11.8 Å². The summed E-state index contributed by atoms with van der Waals surface area (Å²) in [5, 5.41) is 2.96. The predicted octanol–water partition coefficient (Wildman–Crippen LogP) is 3.60. The number of benzene rings is 2. The highest BCUT2D eigenvalue weighted by Crippen LogP contribution is 2.65. The van der Waals surface area contributed by atoms with Crippen LogP contribution in [0.15, 0.2) is 66.7 Å². The lowest BCUT2D eigenvalue weighted by atomic mass is 9.63. The molecule has 162 valence electrons. The molecule has 0 unspecified atom stereocenters. The zero-order valence-electron chi connectivity index (χ0n) is 18.0. The summed E-state index contributed by atoms with van der Waals surface area (Å²) in [4.78, 5) is 42.1. The third-order valence-electron chi connectivity index (χ3n) is 7.87. The second kappa shape index (κ2) is 7.16. The third kappa shape index (κ3) is 2.94. The van der Waals surface area contributed by atoms with E-state index in [0.717, 1.165) is 17.5 Å². The first-order chi connectivity index (χ1) is 15.5. The summed E-state index contributed by atoms with van der Waals surface area (Å²) in [7, 11) is 0. The Morgan fingerprint density at radius 3 is 2.25 bits per heavy atom. The first kappa shape index (κ1) is 19.5. The van der Waals surface area contributed by atoms with Crippen LogP contribution in [-0.2, 0) is 20.8 Å². The van der Waals surface area contributed by atoms with Crippen LogP contribution < -0.4 is 5.32 Å². The smallest absolute Gasteiger partial charge is 0.248 e. The van der Waals surface area contributed by atoms with Crippen molar-refractivity contribution < 1.29 is 14.4 Å². The molecule has 0 spiro atoms. The van der Waals surface area contributed by atoms with E-state index in [-0.39, 0.29) is 41.4 Å². The molecule has 5 nitrogen and oxygen atoms in total. The van der Waals surface area contributed by atoms with Crippen LogP contribution in [0.1, 0.15) is 17.5 Å². The molecule has 3 amide bonds. The molecule has 2 bridgehead atoms. The lowest BCUT2D eigenvalue weighted by molar-refractivity contribution is -0.146. The maximum absolute atomic E-state index is 13.6. The van der Waals surface area contributed by atoms with Crippen LogP contribution in [0.4, 0.5) is 5.69 Å². The van der Waals surface area contributed by atoms with Crippen LogP contribution >= 0.6 is 0 Å². The predicted molar refractivity (Wildman–Crippen MR) is 120 cm³/mol. The lowest BCUT2D eigenvalue weighted by Gasteiger charge is -2.37. The van der Waals surface area contributed by atoms with Crippen molar-refractivity contribution in [1.82, 2.24) is 4.90 Å². The van der Waals surface area contributed by atoms with Gasteiger partial charge in [0.25, 0.3) is 0 Å². The van der Waals surface area contributed by atoms with Crippen LogP contribution in [0.3, 0.4) is 0 Å². The van der Waals surface area contributed by atoms with Gasteiger partial charge < -0.3 is 5.32 Å². The molecule has 3 fully saturated rings. The number of amides is 3. The maximum Gasteiger partial charge on any atom is 0.248 e. The molecule has 1 aliphatic heterocycles. The molecular weight excluding hydrogens is 400 g/mol. The van der Waals surface area contributed by atoms with E-state index >= 15 is 0 Å². The number of hydrogen-bond donors (Lipinski definition) is 1. The quantitative estimate of drug-likeness (QED) is 0.587. The first-order valence-corrected chi connectivity index (χ1v) is 11.5. The molecule has 7 atom stereocenters. The molecule has 5 aliphatic rings. The van der Waals surface area contributed by atoms with Crippen molar-refractivity contribution in [2.75, 3.05) is 5.32 Å². The molecule has 32 heavy (non-hydrogen) atoms. The molecule has 1 N–H and O–H groups in total.